The molecule has 0 radical (unpaired) electrons. The predicted octanol–water partition coefficient (Wildman–Crippen LogP) is 3.72. The topological polar surface area (TPSA) is 18.5 Å². The van der Waals surface area contributed by atoms with Gasteiger partial charge in [0.15, 0.2) is 0 Å². The SMILES string of the molecule is CO[C@]1(c2ccccc2)C(C)[C@@]1(OC)c1ccccc1. The van der Waals surface area contributed by atoms with Crippen LogP contribution in [0.25, 0.3) is 0 Å². The zero-order valence-electron chi connectivity index (χ0n) is 12.2. The summed E-state index contributed by atoms with van der Waals surface area (Å²) in [6, 6.07) is 20.7. The maximum Gasteiger partial charge on any atom is 0.132 e. The molecule has 1 aliphatic carbocycles. The lowest BCUT2D eigenvalue weighted by atomic mass is 9.98. The van der Waals surface area contributed by atoms with Crippen LogP contribution in [0.5, 0.6) is 0 Å². The Kier molecular flexibility index (Phi) is 3.15. The van der Waals surface area contributed by atoms with Gasteiger partial charge in [-0.05, 0) is 11.1 Å². The Hall–Kier alpha value is -1.64. The molecule has 1 fully saturated rings. The summed E-state index contributed by atoms with van der Waals surface area (Å²) in [6.07, 6.45) is 0. The fourth-order valence-electron chi connectivity index (χ4n) is 3.79. The lowest BCUT2D eigenvalue weighted by Crippen LogP contribution is -2.26. The molecule has 0 aromatic heterocycles. The van der Waals surface area contributed by atoms with Crippen LogP contribution in [0.3, 0.4) is 0 Å². The number of benzene rings is 2. The first-order valence-corrected chi connectivity index (χ1v) is 6.95. The molecule has 0 spiro atoms. The summed E-state index contributed by atoms with van der Waals surface area (Å²) in [5.74, 6) is 0.259. The summed E-state index contributed by atoms with van der Waals surface area (Å²) < 4.78 is 12.0. The minimum absolute atomic E-state index is 0.259. The zero-order chi connectivity index (χ0) is 14.2. The molecule has 1 unspecified atom stereocenters. The minimum Gasteiger partial charge on any atom is -0.370 e. The Morgan fingerprint density at radius 1 is 0.700 bits per heavy atom. The van der Waals surface area contributed by atoms with E-state index in [0.717, 1.165) is 0 Å². The van der Waals surface area contributed by atoms with Crippen LogP contribution in [0.15, 0.2) is 60.7 Å². The van der Waals surface area contributed by atoms with Gasteiger partial charge in [-0.1, -0.05) is 67.6 Å². The largest absolute Gasteiger partial charge is 0.370 e. The molecule has 3 rings (SSSR count). The van der Waals surface area contributed by atoms with Crippen LogP contribution in [0.4, 0.5) is 0 Å². The third kappa shape index (κ3) is 1.46. The maximum absolute atomic E-state index is 5.98. The van der Waals surface area contributed by atoms with Crippen molar-refractivity contribution in [3.63, 3.8) is 0 Å². The monoisotopic (exact) mass is 268 g/mol. The normalized spacial score (nSPS) is 32.0. The van der Waals surface area contributed by atoms with Crippen molar-refractivity contribution in [1.82, 2.24) is 0 Å². The Bertz CT molecular complexity index is 527. The minimum atomic E-state index is -0.412. The van der Waals surface area contributed by atoms with Gasteiger partial charge in [-0.2, -0.15) is 0 Å². The number of rotatable bonds is 4. The molecule has 2 aromatic rings. The average molecular weight is 268 g/mol. The molecule has 1 saturated carbocycles. The highest BCUT2D eigenvalue weighted by Gasteiger charge is 2.78. The van der Waals surface area contributed by atoms with Crippen LogP contribution in [0.1, 0.15) is 18.1 Å². The molecule has 2 heteroatoms. The molecule has 2 aromatic carbocycles. The molecule has 0 bridgehead atoms. The lowest BCUT2D eigenvalue weighted by Gasteiger charge is -2.24. The molecule has 0 heterocycles. The van der Waals surface area contributed by atoms with Crippen molar-refractivity contribution in [2.75, 3.05) is 14.2 Å². The molecular formula is C18H20O2. The average Bonchev–Trinajstić information content (AvgIpc) is 3.09. The Morgan fingerprint density at radius 3 is 1.35 bits per heavy atom. The van der Waals surface area contributed by atoms with Crippen LogP contribution in [-0.2, 0) is 20.7 Å². The van der Waals surface area contributed by atoms with E-state index in [1.165, 1.54) is 11.1 Å². The number of methoxy groups -OCH3 is 2. The van der Waals surface area contributed by atoms with Crippen LogP contribution in [0, 0.1) is 5.92 Å². The number of hydrogen-bond donors (Lipinski definition) is 0. The molecule has 0 N–H and O–H groups in total. The first kappa shape index (κ1) is 13.3. The zero-order valence-corrected chi connectivity index (χ0v) is 12.2. The quantitative estimate of drug-likeness (QED) is 0.841. The Morgan fingerprint density at radius 2 is 1.05 bits per heavy atom. The van der Waals surface area contributed by atoms with Crippen molar-refractivity contribution in [3.8, 4) is 0 Å². The van der Waals surface area contributed by atoms with Gasteiger partial charge >= 0.3 is 0 Å². The van der Waals surface area contributed by atoms with Gasteiger partial charge in [0.2, 0.25) is 0 Å². The van der Waals surface area contributed by atoms with Crippen molar-refractivity contribution >= 4 is 0 Å². The van der Waals surface area contributed by atoms with E-state index in [4.69, 9.17) is 9.47 Å². The fourth-order valence-corrected chi connectivity index (χ4v) is 3.79. The van der Waals surface area contributed by atoms with Gasteiger partial charge in [0.1, 0.15) is 11.2 Å². The highest BCUT2D eigenvalue weighted by atomic mass is 16.6. The van der Waals surface area contributed by atoms with Crippen molar-refractivity contribution in [2.24, 2.45) is 5.92 Å². The van der Waals surface area contributed by atoms with Gasteiger partial charge in [-0.3, -0.25) is 0 Å². The maximum atomic E-state index is 5.98. The molecule has 104 valence electrons. The van der Waals surface area contributed by atoms with Crippen LogP contribution in [0.2, 0.25) is 0 Å². The third-order valence-electron chi connectivity index (χ3n) is 4.74. The second kappa shape index (κ2) is 4.72. The van der Waals surface area contributed by atoms with Crippen LogP contribution in [-0.4, -0.2) is 14.2 Å². The summed E-state index contributed by atoms with van der Waals surface area (Å²) >= 11 is 0. The molecule has 2 nitrogen and oxygen atoms in total. The van der Waals surface area contributed by atoms with Crippen LogP contribution < -0.4 is 0 Å². The van der Waals surface area contributed by atoms with E-state index < -0.39 is 11.2 Å². The predicted molar refractivity (Wildman–Crippen MR) is 79.4 cm³/mol. The summed E-state index contributed by atoms with van der Waals surface area (Å²) in [5.41, 5.74) is 1.51. The van der Waals surface area contributed by atoms with Gasteiger partial charge < -0.3 is 9.47 Å². The van der Waals surface area contributed by atoms with E-state index >= 15 is 0 Å². The molecule has 1 aliphatic rings. The first-order chi connectivity index (χ1) is 9.74. The second-order valence-electron chi connectivity index (χ2n) is 5.33. The molecule has 20 heavy (non-hydrogen) atoms. The number of ether oxygens (including phenoxy) is 2. The molecule has 3 atom stereocenters. The molecular weight excluding hydrogens is 248 g/mol. The van der Waals surface area contributed by atoms with Crippen molar-refractivity contribution < 1.29 is 9.47 Å². The summed E-state index contributed by atoms with van der Waals surface area (Å²) in [4.78, 5) is 0. The summed E-state index contributed by atoms with van der Waals surface area (Å²) in [6.45, 7) is 2.19. The van der Waals surface area contributed by atoms with Crippen molar-refractivity contribution in [1.29, 1.82) is 0 Å². The van der Waals surface area contributed by atoms with Gasteiger partial charge in [-0.25, -0.2) is 0 Å². The smallest absolute Gasteiger partial charge is 0.132 e. The molecule has 0 aliphatic heterocycles. The van der Waals surface area contributed by atoms with E-state index in [2.05, 4.69) is 31.2 Å². The molecule has 0 saturated heterocycles. The van der Waals surface area contributed by atoms with Crippen LogP contribution >= 0.6 is 0 Å². The van der Waals surface area contributed by atoms with Gasteiger partial charge in [0, 0.05) is 20.1 Å². The van der Waals surface area contributed by atoms with Gasteiger partial charge in [0.25, 0.3) is 0 Å². The summed E-state index contributed by atoms with van der Waals surface area (Å²) in [7, 11) is 3.54. The Balaban J connectivity index is 2.15. The first-order valence-electron chi connectivity index (χ1n) is 6.95. The van der Waals surface area contributed by atoms with Crippen molar-refractivity contribution in [3.05, 3.63) is 71.8 Å². The summed E-state index contributed by atoms with van der Waals surface area (Å²) in [5, 5.41) is 0. The highest BCUT2D eigenvalue weighted by molar-refractivity contribution is 5.46. The van der Waals surface area contributed by atoms with E-state index in [1.54, 1.807) is 14.2 Å². The van der Waals surface area contributed by atoms with E-state index in [9.17, 15) is 0 Å². The second-order valence-corrected chi connectivity index (χ2v) is 5.33. The molecule has 0 amide bonds. The Labute approximate surface area is 120 Å². The van der Waals surface area contributed by atoms with E-state index in [1.807, 2.05) is 36.4 Å². The standard InChI is InChI=1S/C18H20O2/c1-14-17(19-2,15-10-6-4-7-11-15)18(14,20-3)16-12-8-5-9-13-16/h4-14H,1-3H3/t14?,17-,18+. The van der Waals surface area contributed by atoms with Gasteiger partial charge in [-0.15, -0.1) is 0 Å². The van der Waals surface area contributed by atoms with E-state index in [0.29, 0.717) is 0 Å². The van der Waals surface area contributed by atoms with E-state index in [-0.39, 0.29) is 5.92 Å². The fraction of sp³-hybridized carbons (Fsp3) is 0.333. The lowest BCUT2D eigenvalue weighted by molar-refractivity contribution is -0.0416. The highest BCUT2D eigenvalue weighted by Crippen LogP contribution is 2.70. The van der Waals surface area contributed by atoms with Crippen molar-refractivity contribution in [2.45, 2.75) is 18.1 Å². The van der Waals surface area contributed by atoms with Gasteiger partial charge in [0.05, 0.1) is 0 Å². The number of hydrogen-bond acceptors (Lipinski definition) is 2. The third-order valence-corrected chi connectivity index (χ3v) is 4.74.